The van der Waals surface area contributed by atoms with Gasteiger partial charge in [0.25, 0.3) is 0 Å². The van der Waals surface area contributed by atoms with Crippen molar-refractivity contribution in [3.05, 3.63) is 0 Å². The Hall–Kier alpha value is -1.12. The SMILES string of the molecule is N#CCCNC(=O)CN1CCCC(CN)C1. The van der Waals surface area contributed by atoms with E-state index < -0.39 is 0 Å². The average Bonchev–Trinajstić information content (AvgIpc) is 2.29. The second kappa shape index (κ2) is 7.20. The van der Waals surface area contributed by atoms with Crippen LogP contribution in [0.1, 0.15) is 19.3 Å². The molecule has 5 heteroatoms. The van der Waals surface area contributed by atoms with E-state index in [9.17, 15) is 4.79 Å². The largest absolute Gasteiger partial charge is 0.354 e. The molecule has 1 rings (SSSR count). The topological polar surface area (TPSA) is 82.2 Å². The minimum absolute atomic E-state index is 0.00733. The van der Waals surface area contributed by atoms with Gasteiger partial charge in [-0.2, -0.15) is 5.26 Å². The second-order valence-corrected chi connectivity index (χ2v) is 4.24. The van der Waals surface area contributed by atoms with E-state index in [0.29, 0.717) is 32.0 Å². The summed E-state index contributed by atoms with van der Waals surface area (Å²) in [5, 5.41) is 11.1. The number of hydrogen-bond acceptors (Lipinski definition) is 4. The van der Waals surface area contributed by atoms with E-state index >= 15 is 0 Å². The number of nitrogens with two attached hydrogens (primary N) is 1. The third-order valence-corrected chi connectivity index (χ3v) is 2.86. The molecule has 0 radical (unpaired) electrons. The normalized spacial score (nSPS) is 21.4. The minimum Gasteiger partial charge on any atom is -0.354 e. The van der Waals surface area contributed by atoms with E-state index in [0.717, 1.165) is 19.5 Å². The van der Waals surface area contributed by atoms with Crippen molar-refractivity contribution < 1.29 is 4.79 Å². The van der Waals surface area contributed by atoms with Gasteiger partial charge >= 0.3 is 0 Å². The van der Waals surface area contributed by atoms with Crippen LogP contribution in [0.15, 0.2) is 0 Å². The fourth-order valence-electron chi connectivity index (χ4n) is 2.00. The maximum Gasteiger partial charge on any atom is 0.234 e. The third-order valence-electron chi connectivity index (χ3n) is 2.86. The molecule has 1 aliphatic rings. The highest BCUT2D eigenvalue weighted by atomic mass is 16.2. The highest BCUT2D eigenvalue weighted by molar-refractivity contribution is 5.78. The highest BCUT2D eigenvalue weighted by Crippen LogP contribution is 2.14. The van der Waals surface area contributed by atoms with Crippen LogP contribution in [0, 0.1) is 17.2 Å². The Balaban J connectivity index is 2.20. The lowest BCUT2D eigenvalue weighted by atomic mass is 9.98. The van der Waals surface area contributed by atoms with Gasteiger partial charge in [0.2, 0.25) is 5.91 Å². The lowest BCUT2D eigenvalue weighted by Gasteiger charge is -2.31. The molecule has 1 unspecified atom stereocenters. The van der Waals surface area contributed by atoms with Crippen molar-refractivity contribution in [2.24, 2.45) is 11.7 Å². The van der Waals surface area contributed by atoms with Gasteiger partial charge in [0.15, 0.2) is 0 Å². The Kier molecular flexibility index (Phi) is 5.83. The first-order valence-electron chi connectivity index (χ1n) is 5.82. The van der Waals surface area contributed by atoms with Gasteiger partial charge in [0, 0.05) is 13.1 Å². The van der Waals surface area contributed by atoms with Crippen molar-refractivity contribution in [1.29, 1.82) is 5.26 Å². The molecule has 0 saturated carbocycles. The Labute approximate surface area is 96.6 Å². The lowest BCUT2D eigenvalue weighted by molar-refractivity contribution is -0.122. The highest BCUT2D eigenvalue weighted by Gasteiger charge is 2.20. The standard InChI is InChI=1S/C11H20N4O/c12-4-2-5-14-11(16)9-15-6-1-3-10(7-13)8-15/h10H,1-3,5-9,13H2,(H,14,16). The maximum absolute atomic E-state index is 11.5. The number of nitrogens with one attached hydrogen (secondary N) is 1. The molecule has 1 amide bonds. The zero-order chi connectivity index (χ0) is 11.8. The summed E-state index contributed by atoms with van der Waals surface area (Å²) in [4.78, 5) is 13.6. The van der Waals surface area contributed by atoms with Crippen molar-refractivity contribution in [3.63, 3.8) is 0 Å². The van der Waals surface area contributed by atoms with Gasteiger partial charge in [-0.05, 0) is 31.8 Å². The van der Waals surface area contributed by atoms with E-state index in [1.54, 1.807) is 0 Å². The van der Waals surface area contributed by atoms with Crippen LogP contribution in [0.4, 0.5) is 0 Å². The van der Waals surface area contributed by atoms with Crippen molar-refractivity contribution in [2.45, 2.75) is 19.3 Å². The van der Waals surface area contributed by atoms with E-state index in [1.807, 2.05) is 6.07 Å². The van der Waals surface area contributed by atoms with E-state index in [4.69, 9.17) is 11.0 Å². The monoisotopic (exact) mass is 224 g/mol. The summed E-state index contributed by atoms with van der Waals surface area (Å²) in [5.41, 5.74) is 5.63. The molecule has 1 atom stereocenters. The van der Waals surface area contributed by atoms with Crippen molar-refractivity contribution in [3.8, 4) is 6.07 Å². The molecule has 0 aromatic heterocycles. The lowest BCUT2D eigenvalue weighted by Crippen LogP contribution is -2.44. The molecule has 1 aliphatic heterocycles. The predicted molar refractivity (Wildman–Crippen MR) is 61.5 cm³/mol. The molecule has 0 aromatic carbocycles. The molecule has 90 valence electrons. The first kappa shape index (κ1) is 12.9. The van der Waals surface area contributed by atoms with E-state index in [2.05, 4.69) is 10.2 Å². The van der Waals surface area contributed by atoms with Crippen LogP contribution in [-0.4, -0.2) is 43.5 Å². The molecule has 16 heavy (non-hydrogen) atoms. The molecular weight excluding hydrogens is 204 g/mol. The summed E-state index contributed by atoms with van der Waals surface area (Å²) in [6, 6.07) is 2.00. The van der Waals surface area contributed by atoms with Gasteiger partial charge in [0.05, 0.1) is 19.0 Å². The van der Waals surface area contributed by atoms with Crippen LogP contribution in [0.2, 0.25) is 0 Å². The van der Waals surface area contributed by atoms with Gasteiger partial charge in [-0.3, -0.25) is 9.69 Å². The van der Waals surface area contributed by atoms with Crippen LogP contribution in [0.25, 0.3) is 0 Å². The number of piperidine rings is 1. The van der Waals surface area contributed by atoms with Gasteiger partial charge in [-0.15, -0.1) is 0 Å². The Bertz CT molecular complexity index is 261. The zero-order valence-corrected chi connectivity index (χ0v) is 9.61. The summed E-state index contributed by atoms with van der Waals surface area (Å²) >= 11 is 0. The number of hydrogen-bond donors (Lipinski definition) is 2. The van der Waals surface area contributed by atoms with Crippen LogP contribution in [0.5, 0.6) is 0 Å². The van der Waals surface area contributed by atoms with Gasteiger partial charge in [-0.1, -0.05) is 0 Å². The molecule has 0 spiro atoms. The first-order valence-corrected chi connectivity index (χ1v) is 5.82. The Morgan fingerprint density at radius 2 is 2.44 bits per heavy atom. The molecule has 1 heterocycles. The van der Waals surface area contributed by atoms with Gasteiger partial charge in [0.1, 0.15) is 0 Å². The number of carbonyl (C=O) groups is 1. The summed E-state index contributed by atoms with van der Waals surface area (Å²) in [6.45, 7) is 3.47. The van der Waals surface area contributed by atoms with Crippen molar-refractivity contribution in [2.75, 3.05) is 32.7 Å². The van der Waals surface area contributed by atoms with Crippen LogP contribution < -0.4 is 11.1 Å². The van der Waals surface area contributed by atoms with Gasteiger partial charge < -0.3 is 11.1 Å². The summed E-state index contributed by atoms with van der Waals surface area (Å²) in [6.07, 6.45) is 2.66. The van der Waals surface area contributed by atoms with Crippen LogP contribution in [-0.2, 0) is 4.79 Å². The summed E-state index contributed by atoms with van der Waals surface area (Å²) in [5.74, 6) is 0.536. The molecule has 1 fully saturated rings. The molecule has 0 bridgehead atoms. The third kappa shape index (κ3) is 4.60. The number of rotatable bonds is 5. The number of nitrogens with zero attached hydrogens (tertiary/aromatic N) is 2. The fourth-order valence-corrected chi connectivity index (χ4v) is 2.00. The van der Waals surface area contributed by atoms with Gasteiger partial charge in [-0.25, -0.2) is 0 Å². The molecule has 0 aromatic rings. The van der Waals surface area contributed by atoms with E-state index in [1.165, 1.54) is 6.42 Å². The molecule has 1 saturated heterocycles. The molecule has 3 N–H and O–H groups in total. The number of nitriles is 1. The van der Waals surface area contributed by atoms with Crippen molar-refractivity contribution in [1.82, 2.24) is 10.2 Å². The predicted octanol–water partition coefficient (Wildman–Crippen LogP) is -0.313. The van der Waals surface area contributed by atoms with Crippen molar-refractivity contribution >= 4 is 5.91 Å². The molecule has 5 nitrogen and oxygen atoms in total. The van der Waals surface area contributed by atoms with Crippen LogP contribution >= 0.6 is 0 Å². The molecular formula is C11H20N4O. The number of likely N-dealkylation sites (tertiary alicyclic amines) is 1. The minimum atomic E-state index is 0.00733. The van der Waals surface area contributed by atoms with Crippen LogP contribution in [0.3, 0.4) is 0 Å². The Morgan fingerprint density at radius 1 is 1.62 bits per heavy atom. The molecule has 0 aliphatic carbocycles. The zero-order valence-electron chi connectivity index (χ0n) is 9.61. The number of carbonyl (C=O) groups excluding carboxylic acids is 1. The first-order chi connectivity index (χ1) is 7.76. The number of amides is 1. The summed E-state index contributed by atoms with van der Waals surface area (Å²) < 4.78 is 0. The summed E-state index contributed by atoms with van der Waals surface area (Å²) in [7, 11) is 0. The quantitative estimate of drug-likeness (QED) is 0.627. The Morgan fingerprint density at radius 3 is 3.12 bits per heavy atom. The van der Waals surface area contributed by atoms with E-state index in [-0.39, 0.29) is 5.91 Å². The smallest absolute Gasteiger partial charge is 0.234 e. The average molecular weight is 224 g/mol. The fraction of sp³-hybridized carbons (Fsp3) is 0.818. The second-order valence-electron chi connectivity index (χ2n) is 4.24. The maximum atomic E-state index is 11.5.